The predicted octanol–water partition coefficient (Wildman–Crippen LogP) is 1.32. The molecule has 14 heavy (non-hydrogen) atoms. The van der Waals surface area contributed by atoms with Gasteiger partial charge in [-0.15, -0.1) is 0 Å². The van der Waals surface area contributed by atoms with Gasteiger partial charge in [0.05, 0.1) is 6.20 Å². The molecule has 1 rings (SSSR count). The number of hydrogen-bond donors (Lipinski definition) is 2. The molecule has 1 aromatic rings. The van der Waals surface area contributed by atoms with E-state index < -0.39 is 7.67 Å². The topological polar surface area (TPSA) is 63.2 Å². The van der Waals surface area contributed by atoms with Crippen LogP contribution in [0.1, 0.15) is 5.69 Å². The molecule has 0 saturated heterocycles. The first-order valence-electron chi connectivity index (χ1n) is 4.20. The summed E-state index contributed by atoms with van der Waals surface area (Å²) in [6, 6.07) is 3.52. The summed E-state index contributed by atoms with van der Waals surface area (Å²) in [5.41, 5.74) is 0.890. The molecule has 0 amide bonds. The molecule has 1 heterocycles. The van der Waals surface area contributed by atoms with Gasteiger partial charge in [-0.05, 0) is 33.2 Å². The Hall–Kier alpha value is -0.900. The van der Waals surface area contributed by atoms with E-state index in [4.69, 9.17) is 4.52 Å². The summed E-state index contributed by atoms with van der Waals surface area (Å²) in [5, 5.41) is 5.17. The summed E-state index contributed by atoms with van der Waals surface area (Å²) in [7, 11) is 0.179. The second-order valence-corrected chi connectivity index (χ2v) is 4.91. The van der Waals surface area contributed by atoms with Gasteiger partial charge < -0.3 is 4.52 Å². The second kappa shape index (κ2) is 4.55. The van der Waals surface area contributed by atoms with E-state index in [0.29, 0.717) is 5.75 Å². The molecule has 5 nitrogen and oxygen atoms in total. The van der Waals surface area contributed by atoms with Crippen LogP contribution in [-0.2, 0) is 4.57 Å². The highest BCUT2D eigenvalue weighted by Gasteiger charge is 2.18. The number of nitrogens with one attached hydrogen (secondary N) is 2. The maximum absolute atomic E-state index is 11.7. The lowest BCUT2D eigenvalue weighted by molar-refractivity contribution is 0.461. The van der Waals surface area contributed by atoms with E-state index in [1.807, 2.05) is 6.92 Å². The molecule has 0 radical (unpaired) electrons. The third-order valence-corrected chi connectivity index (χ3v) is 3.35. The van der Waals surface area contributed by atoms with Gasteiger partial charge in [0.1, 0.15) is 5.75 Å². The molecule has 0 spiro atoms. The van der Waals surface area contributed by atoms with Crippen LogP contribution >= 0.6 is 7.67 Å². The first-order valence-corrected chi connectivity index (χ1v) is 5.82. The minimum Gasteiger partial charge on any atom is -0.420 e. The van der Waals surface area contributed by atoms with Crippen molar-refractivity contribution in [2.24, 2.45) is 0 Å². The lowest BCUT2D eigenvalue weighted by atomic mass is 10.4. The molecule has 78 valence electrons. The fraction of sp³-hybridized carbons (Fsp3) is 0.375. The highest BCUT2D eigenvalue weighted by atomic mass is 31.2. The summed E-state index contributed by atoms with van der Waals surface area (Å²) in [6.07, 6.45) is 1.54. The SMILES string of the molecule is CNP(=O)(NC)Oc1ccc(C)nc1. The van der Waals surface area contributed by atoms with Gasteiger partial charge >= 0.3 is 7.67 Å². The molecule has 0 aromatic carbocycles. The van der Waals surface area contributed by atoms with Gasteiger partial charge in [-0.2, -0.15) is 0 Å². The first-order chi connectivity index (χ1) is 6.59. The smallest absolute Gasteiger partial charge is 0.389 e. The van der Waals surface area contributed by atoms with E-state index in [2.05, 4.69) is 15.2 Å². The fourth-order valence-corrected chi connectivity index (χ4v) is 1.67. The van der Waals surface area contributed by atoms with Crippen molar-refractivity contribution in [3.63, 3.8) is 0 Å². The van der Waals surface area contributed by atoms with E-state index in [1.165, 1.54) is 6.20 Å². The van der Waals surface area contributed by atoms with Gasteiger partial charge in [-0.1, -0.05) is 0 Å². The Morgan fingerprint density at radius 1 is 1.36 bits per heavy atom. The van der Waals surface area contributed by atoms with Crippen molar-refractivity contribution in [3.8, 4) is 5.75 Å². The largest absolute Gasteiger partial charge is 0.420 e. The Kier molecular flexibility index (Phi) is 3.63. The molecule has 0 aliphatic rings. The van der Waals surface area contributed by atoms with Crippen LogP contribution in [-0.4, -0.2) is 19.1 Å². The minimum absolute atomic E-state index is 0.475. The van der Waals surface area contributed by atoms with Crippen LogP contribution in [0.3, 0.4) is 0 Å². The fourth-order valence-electron chi connectivity index (χ4n) is 0.860. The monoisotopic (exact) mass is 215 g/mol. The average molecular weight is 215 g/mol. The molecule has 0 aliphatic heterocycles. The molecule has 0 aliphatic carbocycles. The van der Waals surface area contributed by atoms with Gasteiger partial charge in [0.15, 0.2) is 0 Å². The number of aromatic nitrogens is 1. The van der Waals surface area contributed by atoms with Crippen molar-refractivity contribution >= 4 is 7.67 Å². The summed E-state index contributed by atoms with van der Waals surface area (Å²) in [5.74, 6) is 0.475. The van der Waals surface area contributed by atoms with Gasteiger partial charge in [-0.3, -0.25) is 4.98 Å². The van der Waals surface area contributed by atoms with Crippen molar-refractivity contribution < 1.29 is 9.09 Å². The Balaban J connectivity index is 2.78. The maximum Gasteiger partial charge on any atom is 0.389 e. The number of rotatable bonds is 4. The lowest BCUT2D eigenvalue weighted by Crippen LogP contribution is -2.19. The Morgan fingerprint density at radius 3 is 2.43 bits per heavy atom. The predicted molar refractivity (Wildman–Crippen MR) is 55.3 cm³/mol. The van der Waals surface area contributed by atoms with Gasteiger partial charge in [0, 0.05) is 5.69 Å². The molecule has 0 saturated carbocycles. The highest BCUT2D eigenvalue weighted by Crippen LogP contribution is 2.36. The normalized spacial score (nSPS) is 11.4. The zero-order chi connectivity index (χ0) is 10.6. The van der Waals surface area contributed by atoms with Gasteiger partial charge in [0.2, 0.25) is 0 Å². The molecule has 6 heteroatoms. The second-order valence-electron chi connectivity index (χ2n) is 2.73. The van der Waals surface area contributed by atoms with E-state index >= 15 is 0 Å². The molecule has 0 bridgehead atoms. The van der Waals surface area contributed by atoms with Crippen LogP contribution in [0.5, 0.6) is 5.75 Å². The lowest BCUT2D eigenvalue weighted by Gasteiger charge is -2.16. The van der Waals surface area contributed by atoms with E-state index in [-0.39, 0.29) is 0 Å². The maximum atomic E-state index is 11.7. The van der Waals surface area contributed by atoms with Crippen LogP contribution in [0.4, 0.5) is 0 Å². The van der Waals surface area contributed by atoms with Crippen LogP contribution in [0, 0.1) is 6.92 Å². The summed E-state index contributed by atoms with van der Waals surface area (Å²) >= 11 is 0. The summed E-state index contributed by atoms with van der Waals surface area (Å²) in [4.78, 5) is 4.03. The van der Waals surface area contributed by atoms with Gasteiger partial charge in [0.25, 0.3) is 0 Å². The van der Waals surface area contributed by atoms with Crippen molar-refractivity contribution in [2.45, 2.75) is 6.92 Å². The Bertz CT molecular complexity index is 331. The zero-order valence-electron chi connectivity index (χ0n) is 8.44. The van der Waals surface area contributed by atoms with Crippen molar-refractivity contribution in [3.05, 3.63) is 24.0 Å². The van der Waals surface area contributed by atoms with Crippen LogP contribution in [0.2, 0.25) is 0 Å². The van der Waals surface area contributed by atoms with Crippen LogP contribution in [0.15, 0.2) is 18.3 Å². The van der Waals surface area contributed by atoms with Crippen LogP contribution < -0.4 is 14.7 Å². The van der Waals surface area contributed by atoms with Crippen LogP contribution in [0.25, 0.3) is 0 Å². The molecule has 1 aromatic heterocycles. The molecular formula is C8H14N3O2P. The first kappa shape index (κ1) is 11.2. The third kappa shape index (κ3) is 2.80. The third-order valence-electron chi connectivity index (χ3n) is 1.71. The Labute approximate surface area is 83.4 Å². The quantitative estimate of drug-likeness (QED) is 0.741. The van der Waals surface area contributed by atoms with E-state index in [9.17, 15) is 4.57 Å². The Morgan fingerprint density at radius 2 is 2.00 bits per heavy atom. The molecule has 0 unspecified atom stereocenters. The molecule has 0 fully saturated rings. The van der Waals surface area contributed by atoms with E-state index in [1.54, 1.807) is 26.2 Å². The molecular weight excluding hydrogens is 201 g/mol. The minimum atomic E-state index is -2.96. The van der Waals surface area contributed by atoms with E-state index in [0.717, 1.165) is 5.69 Å². The summed E-state index contributed by atoms with van der Waals surface area (Å²) in [6.45, 7) is 1.87. The number of hydrogen-bond acceptors (Lipinski definition) is 3. The number of aryl methyl sites for hydroxylation is 1. The van der Waals surface area contributed by atoms with Crippen molar-refractivity contribution in [1.29, 1.82) is 0 Å². The van der Waals surface area contributed by atoms with Crippen molar-refractivity contribution in [2.75, 3.05) is 14.1 Å². The number of nitrogens with zero attached hydrogens (tertiary/aromatic N) is 1. The zero-order valence-corrected chi connectivity index (χ0v) is 9.34. The molecule has 2 N–H and O–H groups in total. The van der Waals surface area contributed by atoms with Crippen molar-refractivity contribution in [1.82, 2.24) is 15.2 Å². The average Bonchev–Trinajstić information content (AvgIpc) is 2.21. The summed E-state index contributed by atoms with van der Waals surface area (Å²) < 4.78 is 17.0. The molecule has 0 atom stereocenters. The number of pyridine rings is 1. The van der Waals surface area contributed by atoms with Gasteiger partial charge in [-0.25, -0.2) is 14.7 Å². The highest BCUT2D eigenvalue weighted by molar-refractivity contribution is 7.55. The standard InChI is InChI=1S/C8H14N3O2P/c1-7-4-5-8(6-11-7)13-14(12,9-2)10-3/h4-6H,1-3H3,(H2,9,10,12).